The molecule has 0 aliphatic rings. The lowest BCUT2D eigenvalue weighted by atomic mass is 9.82. The van der Waals surface area contributed by atoms with Crippen LogP contribution in [0.1, 0.15) is 27.7 Å². The Morgan fingerprint density at radius 2 is 1.60 bits per heavy atom. The molecule has 2 aromatic carbocycles. The number of anilines is 1. The van der Waals surface area contributed by atoms with Crippen molar-refractivity contribution in [2.24, 2.45) is 0 Å². The number of aliphatic hydroxyl groups is 1. The molecule has 0 radical (unpaired) electrons. The minimum absolute atomic E-state index is 0.470. The zero-order valence-corrected chi connectivity index (χ0v) is 12.6. The molecular formula is C16H22BNO2. The summed E-state index contributed by atoms with van der Waals surface area (Å²) in [6.45, 7) is 7.32. The fourth-order valence-electron chi connectivity index (χ4n) is 1.84. The summed E-state index contributed by atoms with van der Waals surface area (Å²) in [5.74, 6) is 0. The van der Waals surface area contributed by atoms with Gasteiger partial charge in [0.25, 0.3) is 0 Å². The molecule has 0 spiro atoms. The highest BCUT2D eigenvalue weighted by Crippen LogP contribution is 2.24. The second-order valence-electron chi connectivity index (χ2n) is 6.30. The first-order chi connectivity index (χ1) is 9.19. The van der Waals surface area contributed by atoms with E-state index in [-0.39, 0.29) is 0 Å². The molecule has 3 N–H and O–H groups in total. The molecule has 2 rings (SSSR count). The summed E-state index contributed by atoms with van der Waals surface area (Å²) < 4.78 is 5.88. The van der Waals surface area contributed by atoms with Crippen molar-refractivity contribution in [3.8, 4) is 0 Å². The second-order valence-corrected chi connectivity index (χ2v) is 6.30. The topological polar surface area (TPSA) is 55.5 Å². The first-order valence-electron chi connectivity index (χ1n) is 6.83. The highest BCUT2D eigenvalue weighted by atomic mass is 16.5. The van der Waals surface area contributed by atoms with Crippen LogP contribution in [0.3, 0.4) is 0 Å². The first-order valence-corrected chi connectivity index (χ1v) is 6.83. The van der Waals surface area contributed by atoms with E-state index >= 15 is 0 Å². The van der Waals surface area contributed by atoms with Gasteiger partial charge in [-0.25, -0.2) is 0 Å². The maximum atomic E-state index is 10.1. The number of fused-ring (bicyclic) bond motifs is 1. The third-order valence-corrected chi connectivity index (χ3v) is 4.00. The average molecular weight is 271 g/mol. The molecule has 4 heteroatoms. The van der Waals surface area contributed by atoms with Gasteiger partial charge in [0, 0.05) is 5.69 Å². The fourth-order valence-corrected chi connectivity index (χ4v) is 1.84. The van der Waals surface area contributed by atoms with Gasteiger partial charge in [-0.05, 0) is 50.6 Å². The van der Waals surface area contributed by atoms with Crippen LogP contribution in [-0.2, 0) is 4.65 Å². The van der Waals surface area contributed by atoms with Crippen molar-refractivity contribution in [2.45, 2.75) is 38.9 Å². The van der Waals surface area contributed by atoms with Gasteiger partial charge in [-0.15, -0.1) is 0 Å². The van der Waals surface area contributed by atoms with Gasteiger partial charge in [0.15, 0.2) is 0 Å². The van der Waals surface area contributed by atoms with Gasteiger partial charge in [0.2, 0.25) is 0 Å². The molecule has 20 heavy (non-hydrogen) atoms. The monoisotopic (exact) mass is 271 g/mol. The van der Waals surface area contributed by atoms with Gasteiger partial charge in [0.05, 0.1) is 11.2 Å². The molecule has 0 bridgehead atoms. The molecule has 3 nitrogen and oxygen atoms in total. The molecule has 0 saturated carbocycles. The van der Waals surface area contributed by atoms with Crippen molar-refractivity contribution in [1.82, 2.24) is 0 Å². The summed E-state index contributed by atoms with van der Waals surface area (Å²) in [5, 5.41) is 12.3. The summed E-state index contributed by atoms with van der Waals surface area (Å²) >= 11 is 0. The van der Waals surface area contributed by atoms with E-state index in [0.29, 0.717) is 7.48 Å². The van der Waals surface area contributed by atoms with E-state index in [0.717, 1.165) is 21.9 Å². The Labute approximate surface area is 121 Å². The van der Waals surface area contributed by atoms with E-state index in [1.54, 1.807) is 13.8 Å². The molecule has 2 aromatic rings. The molecule has 0 saturated heterocycles. The Hall–Kier alpha value is -1.52. The molecule has 0 fully saturated rings. The van der Waals surface area contributed by atoms with Gasteiger partial charge >= 0.3 is 7.48 Å². The normalized spacial score (nSPS) is 12.7. The van der Waals surface area contributed by atoms with Crippen molar-refractivity contribution < 1.29 is 9.76 Å². The van der Waals surface area contributed by atoms with Crippen LogP contribution in [0.15, 0.2) is 36.4 Å². The number of nitrogen functional groups attached to an aromatic ring is 1. The Bertz CT molecular complexity index is 617. The Morgan fingerprint density at radius 3 is 2.25 bits per heavy atom. The van der Waals surface area contributed by atoms with Gasteiger partial charge in [-0.1, -0.05) is 29.7 Å². The molecule has 0 unspecified atom stereocenters. The van der Waals surface area contributed by atoms with E-state index < -0.39 is 11.2 Å². The van der Waals surface area contributed by atoms with E-state index in [4.69, 9.17) is 10.4 Å². The van der Waals surface area contributed by atoms with Crippen LogP contribution in [0.5, 0.6) is 0 Å². The molecule has 106 valence electrons. The Balaban J connectivity index is 2.17. The zero-order chi connectivity index (χ0) is 15.0. The quantitative estimate of drug-likeness (QED) is 0.660. The molecular weight excluding hydrogens is 249 g/mol. The Morgan fingerprint density at radius 1 is 1.00 bits per heavy atom. The number of nitrogens with two attached hydrogens (primary N) is 1. The molecule has 0 atom stereocenters. The summed E-state index contributed by atoms with van der Waals surface area (Å²) in [7, 11) is 0.470. The van der Waals surface area contributed by atoms with Crippen LogP contribution in [0, 0.1) is 0 Å². The maximum absolute atomic E-state index is 10.1. The van der Waals surface area contributed by atoms with Crippen molar-refractivity contribution in [2.75, 3.05) is 5.73 Å². The van der Waals surface area contributed by atoms with Crippen LogP contribution < -0.4 is 11.2 Å². The van der Waals surface area contributed by atoms with Crippen molar-refractivity contribution in [3.63, 3.8) is 0 Å². The summed E-state index contributed by atoms with van der Waals surface area (Å²) in [4.78, 5) is 0. The SMILES string of the molecule is CC(C)(O)C(C)(C)OBc1ccc2cc(N)ccc2c1. The van der Waals surface area contributed by atoms with Crippen molar-refractivity contribution in [3.05, 3.63) is 36.4 Å². The lowest BCUT2D eigenvalue weighted by Gasteiger charge is -2.37. The van der Waals surface area contributed by atoms with Crippen molar-refractivity contribution >= 4 is 29.4 Å². The maximum Gasteiger partial charge on any atom is 0.309 e. The molecule has 0 aliphatic heterocycles. The standard InChI is InChI=1S/C16H22BNO2/c1-15(2,19)16(3,4)20-17-13-7-5-12-10-14(18)8-6-11(12)9-13/h5-10,17,19H,18H2,1-4H3. The van der Waals surface area contributed by atoms with Gasteiger partial charge in [-0.3, -0.25) is 0 Å². The highest BCUT2D eigenvalue weighted by Gasteiger charge is 2.35. The first kappa shape index (κ1) is 14.9. The molecule has 0 amide bonds. The van der Waals surface area contributed by atoms with Crippen LogP contribution >= 0.6 is 0 Å². The van der Waals surface area contributed by atoms with Crippen LogP contribution in [0.2, 0.25) is 0 Å². The lowest BCUT2D eigenvalue weighted by molar-refractivity contribution is -0.0893. The average Bonchev–Trinajstić information content (AvgIpc) is 2.35. The third kappa shape index (κ3) is 3.14. The van der Waals surface area contributed by atoms with Gasteiger partial charge < -0.3 is 15.5 Å². The smallest absolute Gasteiger partial charge is 0.309 e. The lowest BCUT2D eigenvalue weighted by Crippen LogP contribution is -2.49. The van der Waals surface area contributed by atoms with Crippen molar-refractivity contribution in [1.29, 1.82) is 0 Å². The fraction of sp³-hybridized carbons (Fsp3) is 0.375. The van der Waals surface area contributed by atoms with E-state index in [9.17, 15) is 5.11 Å². The minimum Gasteiger partial charge on any atom is -0.427 e. The molecule has 0 aliphatic carbocycles. The third-order valence-electron chi connectivity index (χ3n) is 4.00. The number of benzene rings is 2. The summed E-state index contributed by atoms with van der Waals surface area (Å²) in [6, 6.07) is 12.0. The molecule has 0 heterocycles. The highest BCUT2D eigenvalue weighted by molar-refractivity contribution is 6.47. The predicted molar refractivity (Wildman–Crippen MR) is 86.6 cm³/mol. The largest absolute Gasteiger partial charge is 0.427 e. The van der Waals surface area contributed by atoms with E-state index in [1.807, 2.05) is 44.2 Å². The van der Waals surface area contributed by atoms with E-state index in [2.05, 4.69) is 6.07 Å². The van der Waals surface area contributed by atoms with Crippen LogP contribution in [-0.4, -0.2) is 23.8 Å². The number of rotatable bonds is 4. The number of hydrogen-bond acceptors (Lipinski definition) is 3. The second kappa shape index (κ2) is 5.11. The summed E-state index contributed by atoms with van der Waals surface area (Å²) in [6.07, 6.45) is 0. The van der Waals surface area contributed by atoms with E-state index in [1.165, 1.54) is 0 Å². The Kier molecular flexibility index (Phi) is 3.81. The predicted octanol–water partition coefficient (Wildman–Crippen LogP) is 1.96. The number of hydrogen-bond donors (Lipinski definition) is 2. The molecule has 0 aromatic heterocycles. The minimum atomic E-state index is -0.891. The zero-order valence-electron chi connectivity index (χ0n) is 12.6. The summed E-state index contributed by atoms with van der Waals surface area (Å²) in [5.41, 5.74) is 6.13. The van der Waals surface area contributed by atoms with Gasteiger partial charge in [-0.2, -0.15) is 0 Å². The van der Waals surface area contributed by atoms with Crippen LogP contribution in [0.4, 0.5) is 5.69 Å². The van der Waals surface area contributed by atoms with Crippen LogP contribution in [0.25, 0.3) is 10.8 Å². The van der Waals surface area contributed by atoms with Gasteiger partial charge in [0.1, 0.15) is 0 Å².